The normalized spacial score (nSPS) is 24.6. The molecule has 7 heteroatoms. The molecule has 1 heterocycles. The summed E-state index contributed by atoms with van der Waals surface area (Å²) in [6.45, 7) is 4.81. The van der Waals surface area contributed by atoms with Gasteiger partial charge in [-0.3, -0.25) is 14.4 Å². The zero-order chi connectivity index (χ0) is 23.0. The number of likely N-dealkylation sites (N-methyl/N-ethyl adjacent to an activating group) is 1. The topological polar surface area (TPSA) is 76.2 Å². The average molecular weight is 439 g/mol. The van der Waals surface area contributed by atoms with Gasteiger partial charge in [-0.1, -0.05) is 24.3 Å². The summed E-state index contributed by atoms with van der Waals surface area (Å²) in [5, 5.41) is 0. The number of fused-ring (bicyclic) bond motifs is 1. The molecule has 0 N–H and O–H groups in total. The maximum Gasteiger partial charge on any atom is 0.228 e. The van der Waals surface area contributed by atoms with E-state index in [9.17, 15) is 14.4 Å². The molecule has 0 spiro atoms. The van der Waals surface area contributed by atoms with E-state index in [4.69, 9.17) is 9.47 Å². The second-order valence-corrected chi connectivity index (χ2v) is 8.78. The van der Waals surface area contributed by atoms with E-state index >= 15 is 0 Å². The van der Waals surface area contributed by atoms with Gasteiger partial charge >= 0.3 is 0 Å². The molecule has 1 saturated heterocycles. The molecular formula is C25H30N2O5. The molecule has 7 nitrogen and oxygen atoms in total. The van der Waals surface area contributed by atoms with Gasteiger partial charge in [0.25, 0.3) is 0 Å². The number of benzene rings is 1. The van der Waals surface area contributed by atoms with Crippen LogP contribution < -0.4 is 0 Å². The molecule has 4 rings (SSSR count). The standard InChI is InChI=1S/C25H30N2O5/c1-15-20(22(29)24(32-4)23(31-3)21(15)28)19-14-17(13-16-7-5-6-8-18(16)19)25(30)27-11-9-26(2)10-12-27/h5-8,17,19H,9-14H2,1-4H3. The molecule has 2 unspecified atom stereocenters. The predicted octanol–water partition coefficient (Wildman–Crippen LogP) is 2.08. The lowest BCUT2D eigenvalue weighted by Crippen LogP contribution is -2.50. The number of nitrogens with zero attached hydrogens (tertiary/aromatic N) is 2. The van der Waals surface area contributed by atoms with E-state index in [0.717, 1.165) is 24.2 Å². The van der Waals surface area contributed by atoms with E-state index in [2.05, 4.69) is 11.9 Å². The summed E-state index contributed by atoms with van der Waals surface area (Å²) in [5.41, 5.74) is 2.83. The number of hydrogen-bond acceptors (Lipinski definition) is 6. The Bertz CT molecular complexity index is 1020. The smallest absolute Gasteiger partial charge is 0.228 e. The fourth-order valence-corrected chi connectivity index (χ4v) is 5.15. The van der Waals surface area contributed by atoms with E-state index in [1.165, 1.54) is 14.2 Å². The van der Waals surface area contributed by atoms with Crippen LogP contribution in [0.15, 0.2) is 46.9 Å². The number of allylic oxidation sites excluding steroid dienone is 2. The van der Waals surface area contributed by atoms with Crippen molar-refractivity contribution in [3.63, 3.8) is 0 Å². The second kappa shape index (κ2) is 8.90. The number of methoxy groups -OCH3 is 2. The first-order valence-corrected chi connectivity index (χ1v) is 11.0. The SMILES string of the molecule is COC1=C(OC)C(=O)C(C2CC(C(=O)N3CCN(C)CC3)Cc3ccccc32)=C(C)C1=O. The zero-order valence-corrected chi connectivity index (χ0v) is 19.1. The quantitative estimate of drug-likeness (QED) is 0.670. The average Bonchev–Trinajstić information content (AvgIpc) is 2.81. The number of rotatable bonds is 4. The highest BCUT2D eigenvalue weighted by atomic mass is 16.5. The molecule has 1 aromatic carbocycles. The van der Waals surface area contributed by atoms with Crippen molar-refractivity contribution in [2.75, 3.05) is 47.4 Å². The number of ketones is 2. The minimum atomic E-state index is -0.346. The lowest BCUT2D eigenvalue weighted by atomic mass is 9.70. The van der Waals surface area contributed by atoms with Gasteiger partial charge in [-0.15, -0.1) is 0 Å². The predicted molar refractivity (Wildman–Crippen MR) is 119 cm³/mol. The number of hydrogen-bond donors (Lipinski definition) is 0. The van der Waals surface area contributed by atoms with Crippen LogP contribution in [-0.2, 0) is 30.3 Å². The van der Waals surface area contributed by atoms with Gasteiger partial charge in [0.05, 0.1) is 14.2 Å². The van der Waals surface area contributed by atoms with Gasteiger partial charge in [-0.05, 0) is 37.9 Å². The molecule has 2 atom stereocenters. The van der Waals surface area contributed by atoms with Crippen molar-refractivity contribution in [2.45, 2.75) is 25.7 Å². The number of piperazine rings is 1. The zero-order valence-electron chi connectivity index (χ0n) is 19.1. The van der Waals surface area contributed by atoms with Crippen molar-refractivity contribution in [3.8, 4) is 0 Å². The maximum atomic E-state index is 13.4. The van der Waals surface area contributed by atoms with Gasteiger partial charge in [-0.25, -0.2) is 0 Å². The number of Topliss-reactive ketones (excluding diaryl/α,β-unsaturated/α-hetero) is 2. The van der Waals surface area contributed by atoms with Crippen molar-refractivity contribution in [1.29, 1.82) is 0 Å². The Hall–Kier alpha value is -2.93. The highest BCUT2D eigenvalue weighted by Crippen LogP contribution is 2.44. The molecule has 3 aliphatic rings. The van der Waals surface area contributed by atoms with E-state index in [-0.39, 0.29) is 40.8 Å². The van der Waals surface area contributed by atoms with Gasteiger partial charge in [-0.2, -0.15) is 0 Å². The number of carbonyl (C=O) groups excluding carboxylic acids is 3. The molecule has 1 aromatic rings. The fraction of sp³-hybridized carbons (Fsp3) is 0.480. The van der Waals surface area contributed by atoms with Crippen LogP contribution in [0.1, 0.15) is 30.4 Å². The minimum Gasteiger partial charge on any atom is -0.489 e. The van der Waals surface area contributed by atoms with Crippen molar-refractivity contribution in [1.82, 2.24) is 9.80 Å². The Morgan fingerprint density at radius 3 is 2.25 bits per heavy atom. The van der Waals surface area contributed by atoms with E-state index in [1.54, 1.807) is 6.92 Å². The van der Waals surface area contributed by atoms with Crippen LogP contribution in [0.2, 0.25) is 0 Å². The Balaban J connectivity index is 1.71. The molecule has 0 bridgehead atoms. The Labute approximate surface area is 188 Å². The minimum absolute atomic E-state index is 0.0621. The van der Waals surface area contributed by atoms with Gasteiger partial charge < -0.3 is 19.3 Å². The number of carbonyl (C=O) groups is 3. The van der Waals surface area contributed by atoms with Crippen LogP contribution in [0.25, 0.3) is 0 Å². The largest absolute Gasteiger partial charge is 0.489 e. The molecule has 0 saturated carbocycles. The van der Waals surface area contributed by atoms with Crippen molar-refractivity contribution >= 4 is 17.5 Å². The van der Waals surface area contributed by atoms with Crippen LogP contribution in [0.3, 0.4) is 0 Å². The van der Waals surface area contributed by atoms with Gasteiger partial charge in [0.2, 0.25) is 29.0 Å². The lowest BCUT2D eigenvalue weighted by Gasteiger charge is -2.38. The summed E-state index contributed by atoms with van der Waals surface area (Å²) >= 11 is 0. The van der Waals surface area contributed by atoms with Crippen molar-refractivity contribution < 1.29 is 23.9 Å². The Morgan fingerprint density at radius 2 is 1.59 bits per heavy atom. The molecule has 2 aliphatic carbocycles. The van der Waals surface area contributed by atoms with E-state index < -0.39 is 0 Å². The summed E-state index contributed by atoms with van der Waals surface area (Å²) < 4.78 is 10.5. The highest BCUT2D eigenvalue weighted by Gasteiger charge is 2.43. The molecule has 1 fully saturated rings. The maximum absolute atomic E-state index is 13.4. The number of ether oxygens (including phenoxy) is 2. The monoisotopic (exact) mass is 438 g/mol. The Kier molecular flexibility index (Phi) is 6.20. The van der Waals surface area contributed by atoms with Gasteiger partial charge in [0, 0.05) is 49.2 Å². The molecule has 32 heavy (non-hydrogen) atoms. The third-order valence-electron chi connectivity index (χ3n) is 6.95. The summed E-state index contributed by atoms with van der Waals surface area (Å²) in [5.74, 6) is -1.26. The van der Waals surface area contributed by atoms with Crippen LogP contribution >= 0.6 is 0 Å². The van der Waals surface area contributed by atoms with Gasteiger partial charge in [0.15, 0.2) is 0 Å². The molecule has 1 amide bonds. The first kappa shape index (κ1) is 22.3. The van der Waals surface area contributed by atoms with E-state index in [1.807, 2.05) is 29.2 Å². The molecule has 0 aromatic heterocycles. The molecule has 170 valence electrons. The summed E-state index contributed by atoms with van der Waals surface area (Å²) in [4.78, 5) is 44.0. The van der Waals surface area contributed by atoms with Crippen LogP contribution in [0, 0.1) is 5.92 Å². The third kappa shape index (κ3) is 3.75. The van der Waals surface area contributed by atoms with Crippen LogP contribution in [-0.4, -0.2) is 74.7 Å². The van der Waals surface area contributed by atoms with Crippen LogP contribution in [0.4, 0.5) is 0 Å². The van der Waals surface area contributed by atoms with Crippen LogP contribution in [0.5, 0.6) is 0 Å². The third-order valence-corrected chi connectivity index (χ3v) is 6.95. The lowest BCUT2D eigenvalue weighted by molar-refractivity contribution is -0.137. The molecular weight excluding hydrogens is 408 g/mol. The van der Waals surface area contributed by atoms with Crippen molar-refractivity contribution in [2.24, 2.45) is 5.92 Å². The molecule has 0 radical (unpaired) electrons. The first-order valence-electron chi connectivity index (χ1n) is 11.0. The summed E-state index contributed by atoms with van der Waals surface area (Å²) in [6, 6.07) is 7.91. The Morgan fingerprint density at radius 1 is 0.969 bits per heavy atom. The summed E-state index contributed by atoms with van der Waals surface area (Å²) in [6.07, 6.45) is 1.13. The first-order chi connectivity index (χ1) is 15.4. The fourth-order valence-electron chi connectivity index (χ4n) is 5.15. The van der Waals surface area contributed by atoms with Gasteiger partial charge in [0.1, 0.15) is 0 Å². The number of amides is 1. The highest BCUT2D eigenvalue weighted by molar-refractivity contribution is 6.24. The summed E-state index contributed by atoms with van der Waals surface area (Å²) in [7, 11) is 4.79. The van der Waals surface area contributed by atoms with Crippen molar-refractivity contribution in [3.05, 3.63) is 58.1 Å². The second-order valence-electron chi connectivity index (χ2n) is 8.78. The van der Waals surface area contributed by atoms with E-state index in [0.29, 0.717) is 37.1 Å². The molecule has 1 aliphatic heterocycles.